The summed E-state index contributed by atoms with van der Waals surface area (Å²) in [4.78, 5) is 38.6. The number of likely N-dealkylation sites (tertiary alicyclic amines) is 1. The standard InChI is InChI=1S/C22H20N2O4/c25-20(14-24-21(26)16-10-4-5-11-17(16)22(24)27)23-18-12-6-7-13-19(18)28-15-8-2-1-3-9-15/h1-9,12-13,16-17H,10-11,14H2,(H,23,25)/t16-,17+. The number of carbonyl (C=O) groups is 3. The lowest BCUT2D eigenvalue weighted by atomic mass is 9.85. The van der Waals surface area contributed by atoms with Gasteiger partial charge in [-0.15, -0.1) is 0 Å². The van der Waals surface area contributed by atoms with E-state index in [0.717, 1.165) is 4.90 Å². The van der Waals surface area contributed by atoms with Crippen LogP contribution in [-0.4, -0.2) is 29.2 Å². The molecule has 1 N–H and O–H groups in total. The Morgan fingerprint density at radius 3 is 2.21 bits per heavy atom. The molecule has 0 saturated carbocycles. The van der Waals surface area contributed by atoms with Gasteiger partial charge in [-0.3, -0.25) is 19.3 Å². The van der Waals surface area contributed by atoms with Crippen molar-refractivity contribution in [3.8, 4) is 11.5 Å². The molecule has 2 atom stereocenters. The van der Waals surface area contributed by atoms with Crippen LogP contribution in [0.1, 0.15) is 12.8 Å². The van der Waals surface area contributed by atoms with Crippen molar-refractivity contribution in [1.29, 1.82) is 0 Å². The molecule has 28 heavy (non-hydrogen) atoms. The van der Waals surface area contributed by atoms with Gasteiger partial charge in [-0.1, -0.05) is 42.5 Å². The molecule has 0 bridgehead atoms. The fourth-order valence-corrected chi connectivity index (χ4v) is 3.63. The van der Waals surface area contributed by atoms with Crippen LogP contribution in [0, 0.1) is 11.8 Å². The largest absolute Gasteiger partial charge is 0.455 e. The van der Waals surface area contributed by atoms with Gasteiger partial charge in [0.25, 0.3) is 0 Å². The Balaban J connectivity index is 1.45. The molecule has 1 saturated heterocycles. The maximum absolute atomic E-state index is 12.5. The molecule has 1 aliphatic heterocycles. The van der Waals surface area contributed by atoms with Crippen molar-refractivity contribution in [1.82, 2.24) is 4.90 Å². The van der Waals surface area contributed by atoms with E-state index in [0.29, 0.717) is 30.0 Å². The van der Waals surface area contributed by atoms with Gasteiger partial charge >= 0.3 is 0 Å². The molecule has 2 aromatic carbocycles. The molecule has 6 nitrogen and oxygen atoms in total. The minimum Gasteiger partial charge on any atom is -0.455 e. The quantitative estimate of drug-likeness (QED) is 0.641. The number of allylic oxidation sites excluding steroid dienone is 2. The summed E-state index contributed by atoms with van der Waals surface area (Å²) in [5.74, 6) is -0.494. The molecular formula is C22H20N2O4. The Kier molecular flexibility index (Phi) is 4.93. The van der Waals surface area contributed by atoms with Crippen LogP contribution in [0.15, 0.2) is 66.7 Å². The van der Waals surface area contributed by atoms with Crippen molar-refractivity contribution in [3.05, 3.63) is 66.7 Å². The zero-order valence-corrected chi connectivity index (χ0v) is 15.2. The molecule has 0 spiro atoms. The number of fused-ring (bicyclic) bond motifs is 1. The van der Waals surface area contributed by atoms with E-state index in [1.807, 2.05) is 42.5 Å². The summed E-state index contributed by atoms with van der Waals surface area (Å²) in [5, 5.41) is 2.75. The minimum absolute atomic E-state index is 0.261. The maximum atomic E-state index is 12.5. The first-order valence-electron chi connectivity index (χ1n) is 9.25. The fourth-order valence-electron chi connectivity index (χ4n) is 3.63. The van der Waals surface area contributed by atoms with Gasteiger partial charge in [0.15, 0.2) is 5.75 Å². The second kappa shape index (κ2) is 7.68. The van der Waals surface area contributed by atoms with E-state index in [2.05, 4.69) is 5.32 Å². The highest BCUT2D eigenvalue weighted by Gasteiger charge is 2.47. The van der Waals surface area contributed by atoms with Crippen LogP contribution in [0.3, 0.4) is 0 Å². The molecular weight excluding hydrogens is 356 g/mol. The second-order valence-corrected chi connectivity index (χ2v) is 6.88. The predicted molar refractivity (Wildman–Crippen MR) is 104 cm³/mol. The second-order valence-electron chi connectivity index (χ2n) is 6.88. The van der Waals surface area contributed by atoms with Gasteiger partial charge in [0.1, 0.15) is 12.3 Å². The number of rotatable bonds is 5. The van der Waals surface area contributed by atoms with Crippen molar-refractivity contribution in [2.75, 3.05) is 11.9 Å². The molecule has 3 amide bonds. The third kappa shape index (κ3) is 3.53. The SMILES string of the molecule is O=C(CN1C(=O)[C@H]2CC=CC[C@H]2C1=O)Nc1ccccc1Oc1ccccc1. The lowest BCUT2D eigenvalue weighted by Crippen LogP contribution is -2.38. The Morgan fingerprint density at radius 1 is 0.929 bits per heavy atom. The number of nitrogens with one attached hydrogen (secondary N) is 1. The normalized spacial score (nSPS) is 20.8. The van der Waals surface area contributed by atoms with Crippen LogP contribution in [0.5, 0.6) is 11.5 Å². The summed E-state index contributed by atoms with van der Waals surface area (Å²) >= 11 is 0. The first-order chi connectivity index (χ1) is 13.6. The highest BCUT2D eigenvalue weighted by molar-refractivity contribution is 6.09. The Labute approximate surface area is 162 Å². The van der Waals surface area contributed by atoms with Gasteiger partial charge in [0.05, 0.1) is 17.5 Å². The number of anilines is 1. The predicted octanol–water partition coefficient (Wildman–Crippen LogP) is 3.37. The molecule has 2 aromatic rings. The molecule has 0 radical (unpaired) electrons. The van der Waals surface area contributed by atoms with Crippen LogP contribution < -0.4 is 10.1 Å². The smallest absolute Gasteiger partial charge is 0.244 e. The number of imide groups is 1. The molecule has 1 fully saturated rings. The van der Waals surface area contributed by atoms with E-state index in [-0.39, 0.29) is 30.2 Å². The monoisotopic (exact) mass is 376 g/mol. The van der Waals surface area contributed by atoms with Crippen molar-refractivity contribution in [3.63, 3.8) is 0 Å². The highest BCUT2D eigenvalue weighted by Crippen LogP contribution is 2.35. The van der Waals surface area contributed by atoms with E-state index in [4.69, 9.17) is 4.74 Å². The van der Waals surface area contributed by atoms with Gasteiger partial charge in [0.2, 0.25) is 17.7 Å². The third-order valence-electron chi connectivity index (χ3n) is 5.03. The van der Waals surface area contributed by atoms with Gasteiger partial charge in [-0.05, 0) is 37.1 Å². The zero-order valence-electron chi connectivity index (χ0n) is 15.2. The first kappa shape index (κ1) is 18.0. The van der Waals surface area contributed by atoms with E-state index < -0.39 is 5.91 Å². The lowest BCUT2D eigenvalue weighted by molar-refractivity contribution is -0.142. The molecule has 2 aliphatic rings. The molecule has 4 rings (SSSR count). The summed E-state index contributed by atoms with van der Waals surface area (Å²) in [7, 11) is 0. The molecule has 1 aliphatic carbocycles. The highest BCUT2D eigenvalue weighted by atomic mass is 16.5. The Hall–Kier alpha value is -3.41. The summed E-state index contributed by atoms with van der Waals surface area (Å²) in [6.45, 7) is -0.287. The maximum Gasteiger partial charge on any atom is 0.244 e. The van der Waals surface area contributed by atoms with Crippen molar-refractivity contribution in [2.45, 2.75) is 12.8 Å². The van der Waals surface area contributed by atoms with Crippen LogP contribution in [0.2, 0.25) is 0 Å². The number of benzene rings is 2. The summed E-state index contributed by atoms with van der Waals surface area (Å²) in [6.07, 6.45) is 4.96. The summed E-state index contributed by atoms with van der Waals surface area (Å²) in [6, 6.07) is 16.3. The van der Waals surface area contributed by atoms with E-state index >= 15 is 0 Å². The number of amides is 3. The molecule has 0 unspecified atom stereocenters. The topological polar surface area (TPSA) is 75.7 Å². The Bertz CT molecular complexity index is 913. The molecule has 1 heterocycles. The summed E-state index contributed by atoms with van der Waals surface area (Å²) in [5.41, 5.74) is 0.481. The first-order valence-corrected chi connectivity index (χ1v) is 9.25. The summed E-state index contributed by atoms with van der Waals surface area (Å²) < 4.78 is 5.83. The minimum atomic E-state index is -0.433. The number of carbonyl (C=O) groups excluding carboxylic acids is 3. The molecule has 142 valence electrons. The average Bonchev–Trinajstić information content (AvgIpc) is 2.95. The van der Waals surface area contributed by atoms with Gasteiger partial charge in [-0.2, -0.15) is 0 Å². The van der Waals surface area contributed by atoms with E-state index in [9.17, 15) is 14.4 Å². The van der Waals surface area contributed by atoms with Crippen LogP contribution >= 0.6 is 0 Å². The van der Waals surface area contributed by atoms with Crippen LogP contribution in [-0.2, 0) is 14.4 Å². The van der Waals surface area contributed by atoms with Crippen molar-refractivity contribution >= 4 is 23.4 Å². The van der Waals surface area contributed by atoms with Crippen LogP contribution in [0.4, 0.5) is 5.69 Å². The lowest BCUT2D eigenvalue weighted by Gasteiger charge is -2.16. The van der Waals surface area contributed by atoms with Gasteiger partial charge < -0.3 is 10.1 Å². The van der Waals surface area contributed by atoms with Gasteiger partial charge in [0, 0.05) is 0 Å². The number of ether oxygens (including phenoxy) is 1. The zero-order chi connectivity index (χ0) is 19.5. The fraction of sp³-hybridized carbons (Fsp3) is 0.227. The van der Waals surface area contributed by atoms with Crippen molar-refractivity contribution < 1.29 is 19.1 Å². The number of hydrogen-bond acceptors (Lipinski definition) is 4. The van der Waals surface area contributed by atoms with Gasteiger partial charge in [-0.25, -0.2) is 0 Å². The third-order valence-corrected chi connectivity index (χ3v) is 5.03. The van der Waals surface area contributed by atoms with E-state index in [1.165, 1.54) is 0 Å². The van der Waals surface area contributed by atoms with Crippen molar-refractivity contribution in [2.24, 2.45) is 11.8 Å². The molecule has 6 heteroatoms. The van der Waals surface area contributed by atoms with Crippen LogP contribution in [0.25, 0.3) is 0 Å². The number of hydrogen-bond donors (Lipinski definition) is 1. The number of nitrogens with zero attached hydrogens (tertiary/aromatic N) is 1. The number of para-hydroxylation sites is 3. The Morgan fingerprint density at radius 2 is 1.54 bits per heavy atom. The molecule has 0 aromatic heterocycles. The van der Waals surface area contributed by atoms with E-state index in [1.54, 1.807) is 24.3 Å². The average molecular weight is 376 g/mol.